The second-order valence-electron chi connectivity index (χ2n) is 4.73. The molecule has 1 atom stereocenters. The molecule has 0 aliphatic rings. The van der Waals surface area contributed by atoms with Gasteiger partial charge in [0.1, 0.15) is 5.82 Å². The highest BCUT2D eigenvalue weighted by molar-refractivity contribution is 6.06. The zero-order chi connectivity index (χ0) is 14.7. The summed E-state index contributed by atoms with van der Waals surface area (Å²) in [6.45, 7) is 3.53. The number of nitrogens with one attached hydrogen (secondary N) is 1. The lowest BCUT2D eigenvalue weighted by molar-refractivity contribution is 0.0916. The number of carbonyl (C=O) groups excluding carboxylic acids is 1. The smallest absolute Gasteiger partial charge is 0.252 e. The van der Waals surface area contributed by atoms with Crippen molar-refractivity contribution in [2.45, 2.75) is 26.3 Å². The van der Waals surface area contributed by atoms with Crippen molar-refractivity contribution in [2.75, 3.05) is 6.61 Å². The first kappa shape index (κ1) is 14.4. The summed E-state index contributed by atoms with van der Waals surface area (Å²) in [6, 6.07) is 5.49. The third-order valence-electron chi connectivity index (χ3n) is 3.19. The van der Waals surface area contributed by atoms with E-state index in [1.54, 1.807) is 19.1 Å². The van der Waals surface area contributed by atoms with Crippen LogP contribution in [0.4, 0.5) is 4.39 Å². The molecular formula is C15H17FN2O2. The topological polar surface area (TPSA) is 62.2 Å². The Bertz CT molecular complexity index is 639. The summed E-state index contributed by atoms with van der Waals surface area (Å²) in [5, 5.41) is 12.4. The summed E-state index contributed by atoms with van der Waals surface area (Å²) in [7, 11) is 0. The minimum absolute atomic E-state index is 0.126. The number of amides is 1. The summed E-state index contributed by atoms with van der Waals surface area (Å²) in [5.41, 5.74) is 1.64. The lowest BCUT2D eigenvalue weighted by atomic mass is 10.1. The van der Waals surface area contributed by atoms with E-state index in [1.807, 2.05) is 6.92 Å². The van der Waals surface area contributed by atoms with Crippen LogP contribution in [0.3, 0.4) is 0 Å². The molecule has 0 fully saturated rings. The van der Waals surface area contributed by atoms with Gasteiger partial charge in [-0.05, 0) is 37.6 Å². The molecule has 1 amide bonds. The third-order valence-corrected chi connectivity index (χ3v) is 3.19. The van der Waals surface area contributed by atoms with Gasteiger partial charge in [0, 0.05) is 11.1 Å². The number of aryl methyl sites for hydroxylation is 1. The zero-order valence-electron chi connectivity index (χ0n) is 11.5. The molecule has 0 aliphatic carbocycles. The summed E-state index contributed by atoms with van der Waals surface area (Å²) >= 11 is 0. The molecule has 2 aromatic rings. The Hall–Kier alpha value is -2.01. The Morgan fingerprint density at radius 1 is 1.45 bits per heavy atom. The molecule has 5 heteroatoms. The molecule has 2 rings (SSSR count). The van der Waals surface area contributed by atoms with Gasteiger partial charge in [0.15, 0.2) is 0 Å². The van der Waals surface area contributed by atoms with Crippen molar-refractivity contribution < 1.29 is 14.3 Å². The fourth-order valence-electron chi connectivity index (χ4n) is 2.06. The number of hydrogen-bond donors (Lipinski definition) is 2. The second-order valence-corrected chi connectivity index (χ2v) is 4.73. The summed E-state index contributed by atoms with van der Waals surface area (Å²) in [4.78, 5) is 16.6. The maximum atomic E-state index is 13.4. The molecular weight excluding hydrogens is 259 g/mol. The van der Waals surface area contributed by atoms with E-state index < -0.39 is 5.82 Å². The molecule has 106 valence electrons. The van der Waals surface area contributed by atoms with Crippen molar-refractivity contribution in [1.82, 2.24) is 10.3 Å². The number of aromatic nitrogens is 1. The van der Waals surface area contributed by atoms with Crippen molar-refractivity contribution in [2.24, 2.45) is 0 Å². The monoisotopic (exact) mass is 276 g/mol. The van der Waals surface area contributed by atoms with E-state index in [4.69, 9.17) is 5.11 Å². The molecule has 0 saturated carbocycles. The number of benzene rings is 1. The summed E-state index contributed by atoms with van der Waals surface area (Å²) in [6.07, 6.45) is 0.624. The number of hydrogen-bond acceptors (Lipinski definition) is 3. The molecule has 20 heavy (non-hydrogen) atoms. The van der Waals surface area contributed by atoms with E-state index in [0.717, 1.165) is 0 Å². The zero-order valence-corrected chi connectivity index (χ0v) is 11.5. The maximum absolute atomic E-state index is 13.4. The van der Waals surface area contributed by atoms with Gasteiger partial charge in [0.05, 0.1) is 23.7 Å². The normalized spacial score (nSPS) is 12.4. The van der Waals surface area contributed by atoms with Gasteiger partial charge >= 0.3 is 0 Å². The first-order chi connectivity index (χ1) is 9.55. The Labute approximate surface area is 116 Å². The van der Waals surface area contributed by atoms with E-state index >= 15 is 0 Å². The Morgan fingerprint density at radius 2 is 2.20 bits per heavy atom. The average Bonchev–Trinajstić information content (AvgIpc) is 2.44. The number of halogens is 1. The molecule has 0 radical (unpaired) electrons. The van der Waals surface area contributed by atoms with Gasteiger partial charge in [0.2, 0.25) is 0 Å². The molecule has 1 aromatic carbocycles. The highest BCUT2D eigenvalue weighted by atomic mass is 19.1. The van der Waals surface area contributed by atoms with Crippen molar-refractivity contribution >= 4 is 16.8 Å². The van der Waals surface area contributed by atoms with Crippen LogP contribution in [-0.4, -0.2) is 28.6 Å². The lowest BCUT2D eigenvalue weighted by Crippen LogP contribution is -2.37. The van der Waals surface area contributed by atoms with Crippen LogP contribution in [0.15, 0.2) is 24.3 Å². The van der Waals surface area contributed by atoms with Crippen LogP contribution in [0.25, 0.3) is 10.9 Å². The van der Waals surface area contributed by atoms with E-state index in [0.29, 0.717) is 28.6 Å². The lowest BCUT2D eigenvalue weighted by Gasteiger charge is -2.15. The molecule has 1 aromatic heterocycles. The predicted octanol–water partition coefficient (Wildman–Crippen LogP) is 2.18. The molecule has 1 unspecified atom stereocenters. The van der Waals surface area contributed by atoms with Gasteiger partial charge in [-0.25, -0.2) is 4.39 Å². The predicted molar refractivity (Wildman–Crippen MR) is 75.1 cm³/mol. The van der Waals surface area contributed by atoms with Crippen LogP contribution in [-0.2, 0) is 0 Å². The number of aliphatic hydroxyl groups is 1. The van der Waals surface area contributed by atoms with Gasteiger partial charge in [-0.15, -0.1) is 0 Å². The Kier molecular flexibility index (Phi) is 4.29. The Morgan fingerprint density at radius 3 is 2.85 bits per heavy atom. The van der Waals surface area contributed by atoms with E-state index in [2.05, 4.69) is 10.3 Å². The summed E-state index contributed by atoms with van der Waals surface area (Å²) in [5.74, 6) is -0.738. The third kappa shape index (κ3) is 2.93. The van der Waals surface area contributed by atoms with Gasteiger partial charge in [-0.1, -0.05) is 6.92 Å². The van der Waals surface area contributed by atoms with Crippen LogP contribution >= 0.6 is 0 Å². The number of pyridine rings is 1. The first-order valence-electron chi connectivity index (χ1n) is 6.53. The highest BCUT2D eigenvalue weighted by Crippen LogP contribution is 2.20. The van der Waals surface area contributed by atoms with Crippen LogP contribution < -0.4 is 5.32 Å². The van der Waals surface area contributed by atoms with E-state index in [9.17, 15) is 9.18 Å². The van der Waals surface area contributed by atoms with Crippen LogP contribution in [0.5, 0.6) is 0 Å². The standard InChI is InChI=1S/C15H17FN2O2/c1-3-11(8-19)18-15(20)13-6-9(2)17-14-5-4-10(16)7-12(13)14/h4-7,11,19H,3,8H2,1-2H3,(H,18,20). The Balaban J connectivity index is 2.47. The SMILES string of the molecule is CCC(CO)NC(=O)c1cc(C)nc2ccc(F)cc12. The van der Waals surface area contributed by atoms with Gasteiger partial charge in [-0.2, -0.15) is 0 Å². The van der Waals surface area contributed by atoms with Gasteiger partial charge < -0.3 is 10.4 Å². The number of nitrogens with zero attached hydrogens (tertiary/aromatic N) is 1. The minimum Gasteiger partial charge on any atom is -0.394 e. The second kappa shape index (κ2) is 5.96. The number of fused-ring (bicyclic) bond motifs is 1. The summed E-state index contributed by atoms with van der Waals surface area (Å²) < 4.78 is 13.4. The van der Waals surface area contributed by atoms with Crippen LogP contribution in [0.1, 0.15) is 29.4 Å². The fraction of sp³-hybridized carbons (Fsp3) is 0.333. The largest absolute Gasteiger partial charge is 0.394 e. The average molecular weight is 276 g/mol. The molecule has 0 spiro atoms. The number of rotatable bonds is 4. The fourth-order valence-corrected chi connectivity index (χ4v) is 2.06. The molecule has 1 heterocycles. The molecule has 0 bridgehead atoms. The molecule has 0 saturated heterocycles. The van der Waals surface area contributed by atoms with Crippen molar-refractivity contribution in [1.29, 1.82) is 0 Å². The first-order valence-corrected chi connectivity index (χ1v) is 6.53. The highest BCUT2D eigenvalue weighted by Gasteiger charge is 2.15. The molecule has 0 aliphatic heterocycles. The molecule has 4 nitrogen and oxygen atoms in total. The van der Waals surface area contributed by atoms with Crippen molar-refractivity contribution in [3.05, 3.63) is 41.3 Å². The number of carbonyl (C=O) groups is 1. The van der Waals surface area contributed by atoms with Gasteiger partial charge in [-0.3, -0.25) is 9.78 Å². The van der Waals surface area contributed by atoms with Crippen molar-refractivity contribution in [3.63, 3.8) is 0 Å². The quantitative estimate of drug-likeness (QED) is 0.899. The van der Waals surface area contributed by atoms with E-state index in [1.165, 1.54) is 12.1 Å². The van der Waals surface area contributed by atoms with Crippen LogP contribution in [0, 0.1) is 12.7 Å². The van der Waals surface area contributed by atoms with Crippen molar-refractivity contribution in [3.8, 4) is 0 Å². The van der Waals surface area contributed by atoms with Crippen LogP contribution in [0.2, 0.25) is 0 Å². The maximum Gasteiger partial charge on any atom is 0.252 e. The van der Waals surface area contributed by atoms with E-state index in [-0.39, 0.29) is 18.6 Å². The molecule has 2 N–H and O–H groups in total. The minimum atomic E-state index is -0.411. The van der Waals surface area contributed by atoms with Gasteiger partial charge in [0.25, 0.3) is 5.91 Å². The number of aliphatic hydroxyl groups excluding tert-OH is 1.